The van der Waals surface area contributed by atoms with E-state index in [4.69, 9.17) is 21.1 Å². The summed E-state index contributed by atoms with van der Waals surface area (Å²) in [5.41, 5.74) is 4.16. The summed E-state index contributed by atoms with van der Waals surface area (Å²) >= 11 is 5.19. The van der Waals surface area contributed by atoms with Crippen molar-refractivity contribution in [2.24, 2.45) is 0 Å². The molecule has 0 spiro atoms. The molecule has 2 aromatic carbocycles. The lowest BCUT2D eigenvalue weighted by Gasteiger charge is -2.09. The molecule has 4 aromatic rings. The molecule has 0 atom stereocenters. The Balaban J connectivity index is 1.51. The van der Waals surface area contributed by atoms with Gasteiger partial charge in [0, 0.05) is 11.3 Å². The Kier molecular flexibility index (Phi) is 4.43. The molecule has 6 nitrogen and oxygen atoms in total. The number of fused-ring (bicyclic) bond motifs is 1. The van der Waals surface area contributed by atoms with E-state index in [0.29, 0.717) is 11.6 Å². The van der Waals surface area contributed by atoms with Crippen LogP contribution < -0.4 is 10.6 Å². The van der Waals surface area contributed by atoms with Crippen LogP contribution in [0.3, 0.4) is 0 Å². The maximum absolute atomic E-state index is 12.0. The number of hydrogen-bond acceptors (Lipinski definition) is 5. The first-order valence-electron chi connectivity index (χ1n) is 8.22. The third-order valence-electron chi connectivity index (χ3n) is 3.88. The van der Waals surface area contributed by atoms with Gasteiger partial charge in [0.25, 0.3) is 5.91 Å². The lowest BCUT2D eigenvalue weighted by atomic mass is 10.2. The highest BCUT2D eigenvalue weighted by molar-refractivity contribution is 7.80. The SMILES string of the molecule is Cc1ccc2nc(-c3cccc(NC(=S)NC(=O)c4ccco4)c3)oc2c1. The van der Waals surface area contributed by atoms with E-state index in [-0.39, 0.29) is 10.9 Å². The van der Waals surface area contributed by atoms with Crippen molar-refractivity contribution < 1.29 is 13.6 Å². The average Bonchev–Trinajstić information content (AvgIpc) is 3.31. The second kappa shape index (κ2) is 7.05. The molecule has 27 heavy (non-hydrogen) atoms. The zero-order valence-electron chi connectivity index (χ0n) is 14.4. The number of aryl methyl sites for hydroxylation is 1. The molecular formula is C20H15N3O3S. The first-order valence-corrected chi connectivity index (χ1v) is 8.63. The third-order valence-corrected chi connectivity index (χ3v) is 4.09. The van der Waals surface area contributed by atoms with E-state index < -0.39 is 5.91 Å². The topological polar surface area (TPSA) is 80.3 Å². The Labute approximate surface area is 160 Å². The lowest BCUT2D eigenvalue weighted by Crippen LogP contribution is -2.33. The zero-order valence-corrected chi connectivity index (χ0v) is 15.2. The maximum atomic E-state index is 12.0. The van der Waals surface area contributed by atoms with Crippen LogP contribution in [0.25, 0.3) is 22.6 Å². The molecule has 2 aromatic heterocycles. The predicted molar refractivity (Wildman–Crippen MR) is 107 cm³/mol. The lowest BCUT2D eigenvalue weighted by molar-refractivity contribution is 0.0950. The number of hydrogen-bond donors (Lipinski definition) is 2. The van der Waals surface area contributed by atoms with Crippen molar-refractivity contribution in [3.63, 3.8) is 0 Å². The quantitative estimate of drug-likeness (QED) is 0.511. The molecule has 0 fully saturated rings. The molecule has 2 heterocycles. The Hall–Kier alpha value is -3.45. The molecule has 7 heteroatoms. The van der Waals surface area contributed by atoms with Crippen LogP contribution in [0.2, 0.25) is 0 Å². The summed E-state index contributed by atoms with van der Waals surface area (Å²) in [6, 6.07) is 16.5. The van der Waals surface area contributed by atoms with Gasteiger partial charge in [0.15, 0.2) is 16.5 Å². The van der Waals surface area contributed by atoms with Crippen molar-refractivity contribution in [3.8, 4) is 11.5 Å². The largest absolute Gasteiger partial charge is 0.459 e. The van der Waals surface area contributed by atoms with Crippen molar-refractivity contribution >= 4 is 40.0 Å². The molecule has 0 aliphatic rings. The van der Waals surface area contributed by atoms with Crippen molar-refractivity contribution in [1.82, 2.24) is 10.3 Å². The molecule has 0 aliphatic heterocycles. The predicted octanol–water partition coefficient (Wildman–Crippen LogP) is 4.52. The van der Waals surface area contributed by atoms with Gasteiger partial charge in [-0.2, -0.15) is 0 Å². The van der Waals surface area contributed by atoms with Gasteiger partial charge >= 0.3 is 0 Å². The number of oxazole rings is 1. The van der Waals surface area contributed by atoms with Gasteiger partial charge in [0.05, 0.1) is 6.26 Å². The van der Waals surface area contributed by atoms with Gasteiger partial charge in [0.1, 0.15) is 5.52 Å². The fourth-order valence-electron chi connectivity index (χ4n) is 2.62. The molecule has 0 unspecified atom stereocenters. The minimum atomic E-state index is -0.414. The molecule has 4 rings (SSSR count). The summed E-state index contributed by atoms with van der Waals surface area (Å²) in [6.45, 7) is 2.00. The number of furan rings is 1. The number of nitrogens with one attached hydrogen (secondary N) is 2. The van der Waals surface area contributed by atoms with Crippen LogP contribution in [0.1, 0.15) is 16.1 Å². The second-order valence-electron chi connectivity index (χ2n) is 5.96. The first kappa shape index (κ1) is 17.0. The minimum Gasteiger partial charge on any atom is -0.459 e. The van der Waals surface area contributed by atoms with Crippen molar-refractivity contribution in [1.29, 1.82) is 0 Å². The molecule has 1 amide bonds. The van der Waals surface area contributed by atoms with E-state index in [1.807, 2.05) is 49.4 Å². The zero-order chi connectivity index (χ0) is 18.8. The maximum Gasteiger partial charge on any atom is 0.293 e. The smallest absolute Gasteiger partial charge is 0.293 e. The number of rotatable bonds is 3. The molecule has 134 valence electrons. The standard InChI is InChI=1S/C20H15N3O3S/c1-12-7-8-15-17(10-12)26-19(22-15)13-4-2-5-14(11-13)21-20(27)23-18(24)16-6-3-9-25-16/h2-11H,1H3,(H2,21,23,24,27). The highest BCUT2D eigenvalue weighted by Crippen LogP contribution is 2.26. The number of aromatic nitrogens is 1. The number of amides is 1. The van der Waals surface area contributed by atoms with Gasteiger partial charge in [-0.3, -0.25) is 10.1 Å². The van der Waals surface area contributed by atoms with E-state index >= 15 is 0 Å². The Morgan fingerprint density at radius 3 is 2.81 bits per heavy atom. The Morgan fingerprint density at radius 1 is 1.11 bits per heavy atom. The number of anilines is 1. The van der Waals surface area contributed by atoms with Crippen LogP contribution in [0.4, 0.5) is 5.69 Å². The number of carbonyl (C=O) groups is 1. The van der Waals surface area contributed by atoms with E-state index in [2.05, 4.69) is 15.6 Å². The minimum absolute atomic E-state index is 0.168. The Bertz CT molecular complexity index is 1130. The number of benzene rings is 2. The van der Waals surface area contributed by atoms with Crippen molar-refractivity contribution in [3.05, 3.63) is 72.2 Å². The molecular weight excluding hydrogens is 362 g/mol. The molecule has 0 aliphatic carbocycles. The van der Waals surface area contributed by atoms with Crippen LogP contribution in [-0.2, 0) is 0 Å². The van der Waals surface area contributed by atoms with Gasteiger partial charge in [-0.25, -0.2) is 4.98 Å². The highest BCUT2D eigenvalue weighted by atomic mass is 32.1. The Morgan fingerprint density at radius 2 is 2.00 bits per heavy atom. The summed E-state index contributed by atoms with van der Waals surface area (Å²) in [5.74, 6) is 0.294. The van der Waals surface area contributed by atoms with Gasteiger partial charge in [0.2, 0.25) is 5.89 Å². The van der Waals surface area contributed by atoms with E-state index in [1.165, 1.54) is 6.26 Å². The van der Waals surface area contributed by atoms with E-state index in [0.717, 1.165) is 22.2 Å². The summed E-state index contributed by atoms with van der Waals surface area (Å²) in [7, 11) is 0. The van der Waals surface area contributed by atoms with Gasteiger partial charge in [-0.15, -0.1) is 0 Å². The summed E-state index contributed by atoms with van der Waals surface area (Å²) < 4.78 is 10.9. The summed E-state index contributed by atoms with van der Waals surface area (Å²) in [5, 5.41) is 5.71. The van der Waals surface area contributed by atoms with Crippen molar-refractivity contribution in [2.45, 2.75) is 6.92 Å². The van der Waals surface area contributed by atoms with Crippen LogP contribution in [0.5, 0.6) is 0 Å². The monoisotopic (exact) mass is 377 g/mol. The van der Waals surface area contributed by atoms with Crippen LogP contribution >= 0.6 is 12.2 Å². The van der Waals surface area contributed by atoms with Gasteiger partial charge < -0.3 is 14.2 Å². The van der Waals surface area contributed by atoms with Crippen LogP contribution in [-0.4, -0.2) is 16.0 Å². The normalized spacial score (nSPS) is 10.7. The number of nitrogens with zero attached hydrogens (tertiary/aromatic N) is 1. The number of carbonyl (C=O) groups excluding carboxylic acids is 1. The summed E-state index contributed by atoms with van der Waals surface area (Å²) in [4.78, 5) is 16.5. The fraction of sp³-hybridized carbons (Fsp3) is 0.0500. The van der Waals surface area contributed by atoms with Gasteiger partial charge in [-0.05, 0) is 67.2 Å². The van der Waals surface area contributed by atoms with Crippen molar-refractivity contribution in [2.75, 3.05) is 5.32 Å². The van der Waals surface area contributed by atoms with Gasteiger partial charge in [-0.1, -0.05) is 12.1 Å². The molecule has 0 bridgehead atoms. The molecule has 2 N–H and O–H groups in total. The molecule has 0 radical (unpaired) electrons. The molecule has 0 saturated carbocycles. The fourth-order valence-corrected chi connectivity index (χ4v) is 2.83. The highest BCUT2D eigenvalue weighted by Gasteiger charge is 2.12. The average molecular weight is 377 g/mol. The van der Waals surface area contributed by atoms with Crippen LogP contribution in [0.15, 0.2) is 69.7 Å². The molecule has 0 saturated heterocycles. The van der Waals surface area contributed by atoms with E-state index in [9.17, 15) is 4.79 Å². The first-order chi connectivity index (χ1) is 13.1. The third kappa shape index (κ3) is 3.73. The van der Waals surface area contributed by atoms with E-state index in [1.54, 1.807) is 12.1 Å². The van der Waals surface area contributed by atoms with Crippen LogP contribution in [0, 0.1) is 6.92 Å². The number of thiocarbonyl (C=S) groups is 1. The second-order valence-corrected chi connectivity index (χ2v) is 6.36. The summed E-state index contributed by atoms with van der Waals surface area (Å²) in [6.07, 6.45) is 1.43.